The number of carbonyl (C=O) groups excluding carboxylic acids is 2. The van der Waals surface area contributed by atoms with E-state index < -0.39 is 24.0 Å². The minimum absolute atomic E-state index is 0.307. The van der Waals surface area contributed by atoms with Crippen molar-refractivity contribution in [2.75, 3.05) is 13.1 Å². The van der Waals surface area contributed by atoms with Gasteiger partial charge in [0.1, 0.15) is 11.8 Å². The summed E-state index contributed by atoms with van der Waals surface area (Å²) in [6.07, 6.45) is 3.09. The van der Waals surface area contributed by atoms with Gasteiger partial charge in [0.25, 0.3) is 0 Å². The number of unbranched alkanes of at least 4 members (excludes halogenated alkanes) is 2. The van der Waals surface area contributed by atoms with Crippen LogP contribution in [0.3, 0.4) is 0 Å². The van der Waals surface area contributed by atoms with Gasteiger partial charge in [-0.15, -0.1) is 0 Å². The van der Waals surface area contributed by atoms with Crippen molar-refractivity contribution in [3.8, 4) is 5.75 Å². The number of fused-ring (bicyclic) bond motifs is 1. The summed E-state index contributed by atoms with van der Waals surface area (Å²) < 4.78 is 5.55. The molecule has 0 saturated heterocycles. The van der Waals surface area contributed by atoms with E-state index in [1.807, 2.05) is 30.3 Å². The number of nitrogens with two attached hydrogens (primary N) is 1. The normalized spacial score (nSPS) is 12.2. The lowest BCUT2D eigenvalue weighted by atomic mass is 10.1. The second-order valence-corrected chi connectivity index (χ2v) is 7.50. The molecule has 0 aliphatic heterocycles. The molecule has 0 heterocycles. The molecule has 2 atom stereocenters. The van der Waals surface area contributed by atoms with E-state index in [0.717, 1.165) is 10.8 Å². The number of nitrogens with zero attached hydrogens (tertiary/aromatic N) is 6. The molecule has 2 aromatic carbocycles. The highest BCUT2D eigenvalue weighted by molar-refractivity contribution is 5.89. The topological polar surface area (TPSA) is 179 Å². The van der Waals surface area contributed by atoms with Crippen molar-refractivity contribution in [2.24, 2.45) is 16.0 Å². The van der Waals surface area contributed by atoms with E-state index >= 15 is 0 Å². The molecule has 174 valence electrons. The Hall–Kier alpha value is -3.78. The maximum Gasteiger partial charge on any atom is 0.334 e. The van der Waals surface area contributed by atoms with Crippen LogP contribution in [0.2, 0.25) is 0 Å². The van der Waals surface area contributed by atoms with Gasteiger partial charge in [-0.25, -0.2) is 4.79 Å². The van der Waals surface area contributed by atoms with Crippen LogP contribution >= 0.6 is 0 Å². The largest absolute Gasteiger partial charge is 0.425 e. The van der Waals surface area contributed by atoms with Gasteiger partial charge >= 0.3 is 5.97 Å². The van der Waals surface area contributed by atoms with Gasteiger partial charge in [-0.3, -0.25) is 4.79 Å². The van der Waals surface area contributed by atoms with Crippen LogP contribution in [-0.2, 0) is 9.59 Å². The summed E-state index contributed by atoms with van der Waals surface area (Å²) in [4.78, 5) is 30.8. The first kappa shape index (κ1) is 25.5. The van der Waals surface area contributed by atoms with E-state index in [0.29, 0.717) is 57.4 Å². The molecule has 0 bridgehead atoms. The number of nitrogens with one attached hydrogen (secondary N) is 1. The zero-order valence-electron chi connectivity index (χ0n) is 18.3. The highest BCUT2D eigenvalue weighted by Crippen LogP contribution is 2.21. The van der Waals surface area contributed by atoms with Gasteiger partial charge in [-0.05, 0) is 59.7 Å². The molecule has 0 spiro atoms. The first-order chi connectivity index (χ1) is 16.0. The number of amides is 1. The van der Waals surface area contributed by atoms with Crippen molar-refractivity contribution >= 4 is 22.6 Å². The van der Waals surface area contributed by atoms with Crippen LogP contribution in [0, 0.1) is 0 Å². The number of azide groups is 2. The van der Waals surface area contributed by atoms with Gasteiger partial charge in [-0.2, -0.15) is 0 Å². The van der Waals surface area contributed by atoms with E-state index in [4.69, 9.17) is 21.5 Å². The highest BCUT2D eigenvalue weighted by Gasteiger charge is 2.25. The molecule has 11 nitrogen and oxygen atoms in total. The smallest absolute Gasteiger partial charge is 0.334 e. The first-order valence-corrected chi connectivity index (χ1v) is 10.8. The molecule has 3 N–H and O–H groups in total. The quantitative estimate of drug-likeness (QED) is 0.107. The number of esters is 1. The summed E-state index contributed by atoms with van der Waals surface area (Å²) in [6.45, 7) is 0.651. The fourth-order valence-corrected chi connectivity index (χ4v) is 3.24. The summed E-state index contributed by atoms with van der Waals surface area (Å²) in [6, 6.07) is 11.4. The molecule has 2 aromatic rings. The van der Waals surface area contributed by atoms with Crippen LogP contribution in [0.25, 0.3) is 31.7 Å². The second kappa shape index (κ2) is 14.3. The van der Waals surface area contributed by atoms with Crippen LogP contribution in [0.1, 0.15) is 38.5 Å². The average molecular weight is 453 g/mol. The third-order valence-corrected chi connectivity index (χ3v) is 5.03. The van der Waals surface area contributed by atoms with Crippen LogP contribution in [0.4, 0.5) is 0 Å². The Labute approximate surface area is 191 Å². The van der Waals surface area contributed by atoms with Crippen LogP contribution < -0.4 is 15.8 Å². The van der Waals surface area contributed by atoms with E-state index in [-0.39, 0.29) is 0 Å². The second-order valence-electron chi connectivity index (χ2n) is 7.50. The number of ether oxygens (including phenoxy) is 1. The predicted molar refractivity (Wildman–Crippen MR) is 125 cm³/mol. The van der Waals surface area contributed by atoms with Gasteiger partial charge in [0.2, 0.25) is 5.91 Å². The van der Waals surface area contributed by atoms with Crippen LogP contribution in [0.5, 0.6) is 5.75 Å². The van der Waals surface area contributed by atoms with Gasteiger partial charge in [0.05, 0.1) is 6.04 Å². The molecule has 0 aromatic heterocycles. The molecule has 0 aliphatic carbocycles. The lowest BCUT2D eigenvalue weighted by Crippen LogP contribution is -2.49. The van der Waals surface area contributed by atoms with Crippen LogP contribution in [0.15, 0.2) is 52.7 Å². The maximum atomic E-state index is 12.9. The molecular weight excluding hydrogens is 424 g/mol. The van der Waals surface area contributed by atoms with Gasteiger partial charge in [0.15, 0.2) is 0 Å². The van der Waals surface area contributed by atoms with Crippen molar-refractivity contribution in [3.05, 3.63) is 63.4 Å². The molecule has 1 amide bonds. The number of benzene rings is 2. The van der Waals surface area contributed by atoms with Crippen molar-refractivity contribution in [2.45, 2.75) is 50.6 Å². The Kier molecular flexibility index (Phi) is 11.1. The minimum Gasteiger partial charge on any atom is -0.425 e. The Bertz CT molecular complexity index is 1030. The third kappa shape index (κ3) is 9.08. The fourth-order valence-electron chi connectivity index (χ4n) is 3.24. The Balaban J connectivity index is 1.99. The number of rotatable bonds is 14. The average Bonchev–Trinajstić information content (AvgIpc) is 2.82. The maximum absolute atomic E-state index is 12.9. The van der Waals surface area contributed by atoms with Crippen molar-refractivity contribution in [1.29, 1.82) is 0 Å². The molecule has 0 saturated carbocycles. The van der Waals surface area contributed by atoms with Gasteiger partial charge < -0.3 is 15.8 Å². The van der Waals surface area contributed by atoms with Gasteiger partial charge in [-0.1, -0.05) is 53.4 Å². The lowest BCUT2D eigenvalue weighted by Gasteiger charge is -2.20. The minimum atomic E-state index is -0.885. The van der Waals surface area contributed by atoms with E-state index in [1.165, 1.54) is 0 Å². The Morgan fingerprint density at radius 3 is 2.24 bits per heavy atom. The van der Waals surface area contributed by atoms with E-state index in [1.54, 1.807) is 12.1 Å². The molecule has 0 fully saturated rings. The zero-order valence-corrected chi connectivity index (χ0v) is 18.3. The number of hydrogen-bond donors (Lipinski definition) is 2. The van der Waals surface area contributed by atoms with E-state index in [9.17, 15) is 9.59 Å². The molecule has 0 aliphatic rings. The monoisotopic (exact) mass is 452 g/mol. The molecule has 33 heavy (non-hydrogen) atoms. The number of carbonyl (C=O) groups is 2. The van der Waals surface area contributed by atoms with Crippen molar-refractivity contribution in [1.82, 2.24) is 5.32 Å². The summed E-state index contributed by atoms with van der Waals surface area (Å²) in [7, 11) is 0. The molecule has 2 rings (SSSR count). The molecule has 0 radical (unpaired) electrons. The SMILES string of the molecule is [N-]=[N+]=NCCCC[C@H](NC(=O)[C@@H](N)CCCCN=[N+]=[N-])C(=O)Oc1ccc2ccccc2c1. The highest BCUT2D eigenvalue weighted by atomic mass is 16.5. The lowest BCUT2D eigenvalue weighted by molar-refractivity contribution is -0.139. The first-order valence-electron chi connectivity index (χ1n) is 10.8. The molecule has 0 unspecified atom stereocenters. The van der Waals surface area contributed by atoms with Crippen molar-refractivity contribution in [3.63, 3.8) is 0 Å². The zero-order chi connectivity index (χ0) is 23.9. The van der Waals surface area contributed by atoms with Gasteiger partial charge in [0, 0.05) is 22.9 Å². The summed E-state index contributed by atoms with van der Waals surface area (Å²) >= 11 is 0. The Morgan fingerprint density at radius 2 is 1.58 bits per heavy atom. The summed E-state index contributed by atoms with van der Waals surface area (Å²) in [5.74, 6) is -0.651. The van der Waals surface area contributed by atoms with Crippen LogP contribution in [-0.4, -0.2) is 37.0 Å². The fraction of sp³-hybridized carbons (Fsp3) is 0.455. The predicted octanol–water partition coefficient (Wildman–Crippen LogP) is 4.52. The number of hydrogen-bond acceptors (Lipinski definition) is 6. The standard InChI is InChI=1S/C22H28N8O3/c23-19(9-3-5-13-26-29-24)21(31)28-20(10-4-6-14-27-30-25)22(32)33-18-12-11-16-7-1-2-8-17(16)15-18/h1-2,7-8,11-12,15,19-20H,3-6,9-10,13-14,23H2,(H,28,31)/t19-,20-/m0/s1. The Morgan fingerprint density at radius 1 is 0.939 bits per heavy atom. The third-order valence-electron chi connectivity index (χ3n) is 5.03. The molecule has 11 heteroatoms. The molecular formula is C22H28N8O3. The van der Waals surface area contributed by atoms with E-state index in [2.05, 4.69) is 25.4 Å². The summed E-state index contributed by atoms with van der Waals surface area (Å²) in [5.41, 5.74) is 22.7. The summed E-state index contributed by atoms with van der Waals surface area (Å²) in [5, 5.41) is 11.6. The van der Waals surface area contributed by atoms with Crippen molar-refractivity contribution < 1.29 is 14.3 Å².